The molecule has 0 heterocycles. The number of carbonyl (C=O) groups is 1. The number of rotatable bonds is 3. The van der Waals surface area contributed by atoms with Crippen LogP contribution in [0.25, 0.3) is 6.08 Å². The fourth-order valence-corrected chi connectivity index (χ4v) is 1.11. The Labute approximate surface area is 83.5 Å². The molecule has 2 nitrogen and oxygen atoms in total. The van der Waals surface area contributed by atoms with Crippen LogP contribution in [0.4, 0.5) is 0 Å². The molecule has 0 bridgehead atoms. The number of ketones is 1. The van der Waals surface area contributed by atoms with Crippen molar-refractivity contribution in [3.8, 4) is 6.07 Å². The molecule has 0 unspecified atom stereocenters. The zero-order valence-corrected chi connectivity index (χ0v) is 8.03. The lowest BCUT2D eigenvalue weighted by atomic mass is 10.1. The Bertz CT molecular complexity index is 399. The molecule has 0 atom stereocenters. The molecular formula is C12H11NO. The minimum atomic E-state index is 0.0560. The maximum atomic E-state index is 11.1. The smallest absolute Gasteiger partial charge is 0.159 e. The second kappa shape index (κ2) is 4.98. The van der Waals surface area contributed by atoms with E-state index in [2.05, 4.69) is 0 Å². The van der Waals surface area contributed by atoms with Crippen LogP contribution in [0.3, 0.4) is 0 Å². The van der Waals surface area contributed by atoms with Crippen LogP contribution in [-0.2, 0) is 0 Å². The van der Waals surface area contributed by atoms with Gasteiger partial charge in [0.15, 0.2) is 5.78 Å². The summed E-state index contributed by atoms with van der Waals surface area (Å²) < 4.78 is 0. The quantitative estimate of drug-likeness (QED) is 0.679. The molecule has 14 heavy (non-hydrogen) atoms. The van der Waals surface area contributed by atoms with Crippen LogP contribution in [0.2, 0.25) is 0 Å². The third kappa shape index (κ3) is 2.87. The van der Waals surface area contributed by atoms with E-state index in [9.17, 15) is 4.79 Å². The number of hydrogen-bond donors (Lipinski definition) is 0. The van der Waals surface area contributed by atoms with E-state index in [-0.39, 0.29) is 5.78 Å². The van der Waals surface area contributed by atoms with E-state index < -0.39 is 0 Å². The van der Waals surface area contributed by atoms with E-state index in [0.29, 0.717) is 12.0 Å². The number of Topliss-reactive ketones (excluding diaryl/α,β-unsaturated/α-hetero) is 1. The molecule has 0 N–H and O–H groups in total. The van der Waals surface area contributed by atoms with E-state index in [1.54, 1.807) is 12.1 Å². The summed E-state index contributed by atoms with van der Waals surface area (Å²) in [6.45, 7) is 1.54. The van der Waals surface area contributed by atoms with E-state index in [1.807, 2.05) is 30.3 Å². The second-order valence-electron chi connectivity index (χ2n) is 2.95. The molecule has 1 aromatic carbocycles. The number of nitriles is 1. The summed E-state index contributed by atoms with van der Waals surface area (Å²) in [5.41, 5.74) is 1.65. The summed E-state index contributed by atoms with van der Waals surface area (Å²) in [7, 11) is 0. The predicted octanol–water partition coefficient (Wildman–Crippen LogP) is 2.82. The predicted molar refractivity (Wildman–Crippen MR) is 55.7 cm³/mol. The van der Waals surface area contributed by atoms with Gasteiger partial charge in [-0.1, -0.05) is 30.4 Å². The monoisotopic (exact) mass is 185 g/mol. The van der Waals surface area contributed by atoms with Crippen LogP contribution in [0.5, 0.6) is 0 Å². The van der Waals surface area contributed by atoms with Crippen molar-refractivity contribution >= 4 is 11.9 Å². The summed E-state index contributed by atoms with van der Waals surface area (Å²) in [6, 6.07) is 9.36. The second-order valence-corrected chi connectivity index (χ2v) is 2.95. The molecule has 0 saturated heterocycles. The Balaban J connectivity index is 2.85. The largest absolute Gasteiger partial charge is 0.295 e. The van der Waals surface area contributed by atoms with Crippen molar-refractivity contribution < 1.29 is 4.79 Å². The number of hydrogen-bond acceptors (Lipinski definition) is 2. The Morgan fingerprint density at radius 1 is 1.57 bits per heavy atom. The fourth-order valence-electron chi connectivity index (χ4n) is 1.11. The molecule has 2 heteroatoms. The van der Waals surface area contributed by atoms with Gasteiger partial charge >= 0.3 is 0 Å². The number of benzene rings is 1. The highest BCUT2D eigenvalue weighted by Gasteiger charge is 1.97. The Morgan fingerprint density at radius 2 is 2.36 bits per heavy atom. The van der Waals surface area contributed by atoms with Crippen LogP contribution in [0, 0.1) is 11.3 Å². The van der Waals surface area contributed by atoms with Crippen molar-refractivity contribution in [2.24, 2.45) is 0 Å². The molecule has 1 rings (SSSR count). The number of carbonyl (C=O) groups excluding carboxylic acids is 1. The highest BCUT2D eigenvalue weighted by molar-refractivity contribution is 5.94. The lowest BCUT2D eigenvalue weighted by molar-refractivity contribution is 0.101. The fraction of sp³-hybridized carbons (Fsp3) is 0.167. The van der Waals surface area contributed by atoms with E-state index in [1.165, 1.54) is 6.92 Å². The maximum absolute atomic E-state index is 11.1. The third-order valence-electron chi connectivity index (χ3n) is 1.81. The van der Waals surface area contributed by atoms with Gasteiger partial charge in [0.2, 0.25) is 0 Å². The molecule has 0 aliphatic heterocycles. The van der Waals surface area contributed by atoms with Gasteiger partial charge in [-0.15, -0.1) is 0 Å². The van der Waals surface area contributed by atoms with Gasteiger partial charge in [-0.3, -0.25) is 4.79 Å². The summed E-state index contributed by atoms with van der Waals surface area (Å²) in [5, 5.41) is 8.33. The Morgan fingerprint density at radius 3 is 3.00 bits per heavy atom. The van der Waals surface area contributed by atoms with E-state index in [0.717, 1.165) is 5.56 Å². The summed E-state index contributed by atoms with van der Waals surface area (Å²) >= 11 is 0. The first kappa shape index (κ1) is 10.2. The van der Waals surface area contributed by atoms with E-state index in [4.69, 9.17) is 5.26 Å². The van der Waals surface area contributed by atoms with Crippen LogP contribution < -0.4 is 0 Å². The molecule has 0 spiro atoms. The zero-order valence-electron chi connectivity index (χ0n) is 8.03. The van der Waals surface area contributed by atoms with E-state index >= 15 is 0 Å². The molecule has 0 aliphatic carbocycles. The van der Waals surface area contributed by atoms with Crippen molar-refractivity contribution in [3.63, 3.8) is 0 Å². The van der Waals surface area contributed by atoms with Gasteiger partial charge in [-0.05, 0) is 18.6 Å². The molecule has 0 fully saturated rings. The van der Waals surface area contributed by atoms with Gasteiger partial charge in [-0.25, -0.2) is 0 Å². The van der Waals surface area contributed by atoms with Gasteiger partial charge in [-0.2, -0.15) is 5.26 Å². The highest BCUT2D eigenvalue weighted by atomic mass is 16.1. The Hall–Kier alpha value is -1.88. The average Bonchev–Trinajstić information content (AvgIpc) is 2.19. The van der Waals surface area contributed by atoms with Crippen LogP contribution in [-0.4, -0.2) is 5.78 Å². The topological polar surface area (TPSA) is 40.9 Å². The zero-order chi connectivity index (χ0) is 10.4. The minimum Gasteiger partial charge on any atom is -0.295 e. The minimum absolute atomic E-state index is 0.0560. The first-order valence-electron chi connectivity index (χ1n) is 4.38. The normalized spacial score (nSPS) is 10.0. The van der Waals surface area contributed by atoms with Gasteiger partial charge in [0, 0.05) is 5.56 Å². The van der Waals surface area contributed by atoms with Crippen molar-refractivity contribution in [3.05, 3.63) is 41.5 Å². The molecule has 0 aromatic heterocycles. The first-order valence-corrected chi connectivity index (χ1v) is 4.38. The molecule has 70 valence electrons. The average molecular weight is 185 g/mol. The van der Waals surface area contributed by atoms with Crippen molar-refractivity contribution in [2.75, 3.05) is 0 Å². The maximum Gasteiger partial charge on any atom is 0.159 e. The van der Waals surface area contributed by atoms with Gasteiger partial charge in [0.05, 0.1) is 12.5 Å². The number of allylic oxidation sites excluding steroid dienone is 1. The lowest BCUT2D eigenvalue weighted by Gasteiger charge is -1.96. The summed E-state index contributed by atoms with van der Waals surface area (Å²) in [5.74, 6) is 0.0560. The molecule has 0 radical (unpaired) electrons. The standard InChI is InChI=1S/C12H11NO/c1-10(14)12-7-4-6-11(9-12)5-2-3-8-13/h2,4-7,9H,3H2,1H3. The van der Waals surface area contributed by atoms with Crippen LogP contribution in [0.15, 0.2) is 30.3 Å². The first-order chi connectivity index (χ1) is 6.74. The summed E-state index contributed by atoms with van der Waals surface area (Å²) in [4.78, 5) is 11.1. The molecule has 0 aliphatic rings. The number of nitrogens with zero attached hydrogens (tertiary/aromatic N) is 1. The Kier molecular flexibility index (Phi) is 3.63. The summed E-state index contributed by atoms with van der Waals surface area (Å²) in [6.07, 6.45) is 4.01. The molecular weight excluding hydrogens is 174 g/mol. The lowest BCUT2D eigenvalue weighted by Crippen LogP contribution is -1.91. The van der Waals surface area contributed by atoms with Gasteiger partial charge in [0.25, 0.3) is 0 Å². The third-order valence-corrected chi connectivity index (χ3v) is 1.81. The SMILES string of the molecule is CC(=O)c1cccc(C=CCC#N)c1. The van der Waals surface area contributed by atoms with Gasteiger partial charge < -0.3 is 0 Å². The van der Waals surface area contributed by atoms with Crippen LogP contribution in [0.1, 0.15) is 29.3 Å². The molecule has 0 amide bonds. The van der Waals surface area contributed by atoms with Crippen molar-refractivity contribution in [2.45, 2.75) is 13.3 Å². The molecule has 1 aromatic rings. The van der Waals surface area contributed by atoms with Crippen LogP contribution >= 0.6 is 0 Å². The van der Waals surface area contributed by atoms with Crippen molar-refractivity contribution in [1.82, 2.24) is 0 Å². The highest BCUT2D eigenvalue weighted by Crippen LogP contribution is 2.07. The van der Waals surface area contributed by atoms with Gasteiger partial charge in [0.1, 0.15) is 0 Å². The van der Waals surface area contributed by atoms with Crippen molar-refractivity contribution in [1.29, 1.82) is 5.26 Å². The molecule has 0 saturated carbocycles.